The highest BCUT2D eigenvalue weighted by Gasteiger charge is 2.07. The van der Waals surface area contributed by atoms with Gasteiger partial charge in [-0.05, 0) is 18.9 Å². The molecule has 2 heterocycles. The average Bonchev–Trinajstić information content (AvgIpc) is 2.93. The van der Waals surface area contributed by atoms with E-state index in [4.69, 9.17) is 5.73 Å². The number of nitrogens with zero attached hydrogens (tertiary/aromatic N) is 2. The fraction of sp³-hybridized carbons (Fsp3) is 0.500. The molecule has 2 aromatic heterocycles. The molecule has 0 atom stereocenters. The first-order chi connectivity index (χ1) is 10.2. The lowest BCUT2D eigenvalue weighted by molar-refractivity contribution is -0.121. The van der Waals surface area contributed by atoms with Gasteiger partial charge in [-0.3, -0.25) is 4.79 Å². The van der Waals surface area contributed by atoms with E-state index in [9.17, 15) is 4.79 Å². The first-order valence-electron chi connectivity index (χ1n) is 7.18. The van der Waals surface area contributed by atoms with Crippen LogP contribution in [-0.4, -0.2) is 35.5 Å². The monoisotopic (exact) mass is 307 g/mol. The molecule has 0 saturated heterocycles. The number of hydrogen-bond acceptors (Lipinski definition) is 6. The van der Waals surface area contributed by atoms with Gasteiger partial charge < -0.3 is 16.4 Å². The predicted octanol–water partition coefficient (Wildman–Crippen LogP) is 1.52. The topological polar surface area (TPSA) is 92.9 Å². The SMILES string of the molecule is CCc1cc2c(NCCCC(=O)NCCN)ncnc2s1. The van der Waals surface area contributed by atoms with Gasteiger partial charge in [0.25, 0.3) is 0 Å². The summed E-state index contributed by atoms with van der Waals surface area (Å²) < 4.78 is 0. The summed E-state index contributed by atoms with van der Waals surface area (Å²) in [6, 6.07) is 2.14. The van der Waals surface area contributed by atoms with Crippen LogP contribution in [0.4, 0.5) is 5.82 Å². The van der Waals surface area contributed by atoms with Gasteiger partial charge in [0, 0.05) is 30.9 Å². The zero-order valence-electron chi connectivity index (χ0n) is 12.2. The molecule has 7 heteroatoms. The standard InChI is InChI=1S/C14H21N5OS/c1-2-10-8-11-13(18-9-19-14(11)21-10)17-6-3-4-12(20)16-7-5-15/h8-9H,2-7,15H2,1H3,(H,16,20)(H,17,18,19). The summed E-state index contributed by atoms with van der Waals surface area (Å²) in [6.07, 6.45) is 3.83. The lowest BCUT2D eigenvalue weighted by Gasteiger charge is -2.06. The van der Waals surface area contributed by atoms with Gasteiger partial charge in [-0.2, -0.15) is 0 Å². The van der Waals surface area contributed by atoms with E-state index in [-0.39, 0.29) is 5.91 Å². The minimum atomic E-state index is 0.0406. The molecule has 0 aliphatic carbocycles. The Hall–Kier alpha value is -1.73. The van der Waals surface area contributed by atoms with Crippen molar-refractivity contribution < 1.29 is 4.79 Å². The predicted molar refractivity (Wildman–Crippen MR) is 86.6 cm³/mol. The third-order valence-corrected chi connectivity index (χ3v) is 4.26. The summed E-state index contributed by atoms with van der Waals surface area (Å²) in [5.74, 6) is 0.886. The molecular weight excluding hydrogens is 286 g/mol. The molecule has 0 fully saturated rings. The van der Waals surface area contributed by atoms with Crippen molar-refractivity contribution in [2.24, 2.45) is 5.73 Å². The number of aryl methyl sites for hydroxylation is 1. The van der Waals surface area contributed by atoms with E-state index in [2.05, 4.69) is 33.6 Å². The van der Waals surface area contributed by atoms with E-state index in [1.165, 1.54) is 4.88 Å². The number of carbonyl (C=O) groups is 1. The maximum Gasteiger partial charge on any atom is 0.220 e. The Morgan fingerprint density at radius 3 is 3.00 bits per heavy atom. The summed E-state index contributed by atoms with van der Waals surface area (Å²) in [4.78, 5) is 22.3. The van der Waals surface area contributed by atoms with Crippen LogP contribution in [0, 0.1) is 0 Å². The van der Waals surface area contributed by atoms with Gasteiger partial charge in [-0.1, -0.05) is 6.92 Å². The minimum Gasteiger partial charge on any atom is -0.369 e. The molecular formula is C14H21N5OS. The number of carbonyl (C=O) groups excluding carboxylic acids is 1. The van der Waals surface area contributed by atoms with Crippen LogP contribution in [0.25, 0.3) is 10.2 Å². The Morgan fingerprint density at radius 1 is 1.38 bits per heavy atom. The number of hydrogen-bond donors (Lipinski definition) is 3. The number of amides is 1. The van der Waals surface area contributed by atoms with E-state index in [0.29, 0.717) is 26.1 Å². The molecule has 6 nitrogen and oxygen atoms in total. The molecule has 0 unspecified atom stereocenters. The summed E-state index contributed by atoms with van der Waals surface area (Å²) in [5, 5.41) is 7.11. The summed E-state index contributed by atoms with van der Waals surface area (Å²) in [5.41, 5.74) is 5.33. The Morgan fingerprint density at radius 2 is 2.24 bits per heavy atom. The zero-order chi connectivity index (χ0) is 15.1. The zero-order valence-corrected chi connectivity index (χ0v) is 13.0. The second-order valence-electron chi connectivity index (χ2n) is 4.68. The van der Waals surface area contributed by atoms with E-state index in [1.807, 2.05) is 0 Å². The Labute approximate surface area is 128 Å². The third-order valence-electron chi connectivity index (χ3n) is 3.07. The lowest BCUT2D eigenvalue weighted by atomic mass is 10.2. The maximum absolute atomic E-state index is 11.4. The van der Waals surface area contributed by atoms with Crippen LogP contribution in [-0.2, 0) is 11.2 Å². The first kappa shape index (κ1) is 15.7. The van der Waals surface area contributed by atoms with Gasteiger partial charge in [-0.15, -0.1) is 11.3 Å². The van der Waals surface area contributed by atoms with Crippen LogP contribution in [0.15, 0.2) is 12.4 Å². The highest BCUT2D eigenvalue weighted by atomic mass is 32.1. The number of aromatic nitrogens is 2. The van der Waals surface area contributed by atoms with Crippen molar-refractivity contribution in [3.8, 4) is 0 Å². The van der Waals surface area contributed by atoms with Crippen molar-refractivity contribution in [1.29, 1.82) is 0 Å². The quantitative estimate of drug-likeness (QED) is 0.643. The Bertz CT molecular complexity index is 598. The molecule has 1 amide bonds. The number of nitrogens with two attached hydrogens (primary N) is 1. The van der Waals surface area contributed by atoms with E-state index >= 15 is 0 Å². The molecule has 2 rings (SSSR count). The molecule has 0 aliphatic rings. The van der Waals surface area contributed by atoms with Crippen LogP contribution in [0.3, 0.4) is 0 Å². The normalized spacial score (nSPS) is 10.8. The molecule has 0 aromatic carbocycles. The van der Waals surface area contributed by atoms with Gasteiger partial charge in [-0.25, -0.2) is 9.97 Å². The van der Waals surface area contributed by atoms with E-state index in [0.717, 1.165) is 28.9 Å². The van der Waals surface area contributed by atoms with Crippen LogP contribution < -0.4 is 16.4 Å². The fourth-order valence-corrected chi connectivity index (χ4v) is 2.91. The molecule has 21 heavy (non-hydrogen) atoms. The summed E-state index contributed by atoms with van der Waals surface area (Å²) in [7, 11) is 0. The molecule has 0 radical (unpaired) electrons. The number of nitrogens with one attached hydrogen (secondary N) is 2. The molecule has 0 spiro atoms. The fourth-order valence-electron chi connectivity index (χ4n) is 1.98. The smallest absolute Gasteiger partial charge is 0.220 e. The Balaban J connectivity index is 1.86. The largest absolute Gasteiger partial charge is 0.369 e. The molecule has 4 N–H and O–H groups in total. The second kappa shape index (κ2) is 7.90. The summed E-state index contributed by atoms with van der Waals surface area (Å²) >= 11 is 1.70. The van der Waals surface area contributed by atoms with Crippen molar-refractivity contribution in [3.63, 3.8) is 0 Å². The van der Waals surface area contributed by atoms with E-state index < -0.39 is 0 Å². The van der Waals surface area contributed by atoms with Gasteiger partial charge in [0.1, 0.15) is 17.0 Å². The van der Waals surface area contributed by atoms with Crippen molar-refractivity contribution in [2.45, 2.75) is 26.2 Å². The van der Waals surface area contributed by atoms with Crippen LogP contribution >= 0.6 is 11.3 Å². The van der Waals surface area contributed by atoms with Gasteiger partial charge in [0.2, 0.25) is 5.91 Å². The second-order valence-corrected chi connectivity index (χ2v) is 5.79. The number of thiophene rings is 1. The average molecular weight is 307 g/mol. The van der Waals surface area contributed by atoms with Crippen LogP contribution in [0.1, 0.15) is 24.6 Å². The summed E-state index contributed by atoms with van der Waals surface area (Å²) in [6.45, 7) is 3.85. The highest BCUT2D eigenvalue weighted by molar-refractivity contribution is 7.18. The lowest BCUT2D eigenvalue weighted by Crippen LogP contribution is -2.29. The van der Waals surface area contributed by atoms with Gasteiger partial charge >= 0.3 is 0 Å². The molecule has 0 saturated carbocycles. The molecule has 0 bridgehead atoms. The van der Waals surface area contributed by atoms with E-state index in [1.54, 1.807) is 17.7 Å². The van der Waals surface area contributed by atoms with Crippen molar-refractivity contribution in [3.05, 3.63) is 17.3 Å². The maximum atomic E-state index is 11.4. The highest BCUT2D eigenvalue weighted by Crippen LogP contribution is 2.28. The molecule has 2 aromatic rings. The number of anilines is 1. The number of rotatable bonds is 8. The Kier molecular flexibility index (Phi) is 5.89. The third kappa shape index (κ3) is 4.37. The molecule has 0 aliphatic heterocycles. The van der Waals surface area contributed by atoms with Crippen LogP contribution in [0.5, 0.6) is 0 Å². The van der Waals surface area contributed by atoms with Crippen molar-refractivity contribution in [2.75, 3.05) is 25.0 Å². The van der Waals surface area contributed by atoms with Gasteiger partial charge in [0.05, 0.1) is 5.39 Å². The van der Waals surface area contributed by atoms with Crippen LogP contribution in [0.2, 0.25) is 0 Å². The minimum absolute atomic E-state index is 0.0406. The first-order valence-corrected chi connectivity index (χ1v) is 8.00. The number of fused-ring (bicyclic) bond motifs is 1. The van der Waals surface area contributed by atoms with Crippen molar-refractivity contribution >= 4 is 33.3 Å². The van der Waals surface area contributed by atoms with Crippen molar-refractivity contribution in [1.82, 2.24) is 15.3 Å². The molecule has 114 valence electrons. The van der Waals surface area contributed by atoms with Gasteiger partial charge in [0.15, 0.2) is 0 Å².